The second kappa shape index (κ2) is 6.20. The van der Waals surface area contributed by atoms with Gasteiger partial charge in [0.15, 0.2) is 0 Å². The highest BCUT2D eigenvalue weighted by Gasteiger charge is 2.05. The third-order valence-electron chi connectivity index (χ3n) is 2.39. The molecule has 0 amide bonds. The molecule has 2 N–H and O–H groups in total. The monoisotopic (exact) mass is 211 g/mol. The predicted octanol–water partition coefficient (Wildman–Crippen LogP) is 3.44. The molecule has 0 saturated heterocycles. The summed E-state index contributed by atoms with van der Waals surface area (Å²) in [6.45, 7) is 4.47. The lowest BCUT2D eigenvalue weighted by Crippen LogP contribution is -2.21. The van der Waals surface area contributed by atoms with E-state index >= 15 is 0 Å². The minimum Gasteiger partial charge on any atom is -0.328 e. The van der Waals surface area contributed by atoms with Crippen LogP contribution in [0.4, 0.5) is 0 Å². The first-order chi connectivity index (χ1) is 6.68. The zero-order valence-electron chi connectivity index (χ0n) is 9.20. The summed E-state index contributed by atoms with van der Waals surface area (Å²) >= 11 is 1.78. The normalized spacial score (nSPS) is 13.4. The van der Waals surface area contributed by atoms with Crippen molar-refractivity contribution in [1.82, 2.24) is 0 Å². The van der Waals surface area contributed by atoms with Crippen molar-refractivity contribution in [1.29, 1.82) is 0 Å². The van der Waals surface area contributed by atoms with E-state index in [1.165, 1.54) is 18.4 Å². The Morgan fingerprint density at radius 1 is 1.43 bits per heavy atom. The summed E-state index contributed by atoms with van der Waals surface area (Å²) in [5.41, 5.74) is 7.48. The Labute approximate surface area is 91.3 Å². The molecule has 0 aliphatic heterocycles. The fraction of sp³-hybridized carbons (Fsp3) is 0.667. The minimum atomic E-state index is 0.397. The van der Waals surface area contributed by atoms with Crippen molar-refractivity contribution in [2.24, 2.45) is 11.7 Å². The van der Waals surface area contributed by atoms with E-state index in [0.29, 0.717) is 6.04 Å². The Bertz CT molecular complexity index is 228. The van der Waals surface area contributed by atoms with Crippen LogP contribution in [0.15, 0.2) is 16.8 Å². The maximum Gasteiger partial charge on any atom is 0.00413 e. The van der Waals surface area contributed by atoms with E-state index in [9.17, 15) is 0 Å². The number of hydrogen-bond donors (Lipinski definition) is 1. The van der Waals surface area contributed by atoms with Crippen LogP contribution < -0.4 is 5.73 Å². The van der Waals surface area contributed by atoms with Crippen LogP contribution in [0.5, 0.6) is 0 Å². The smallest absolute Gasteiger partial charge is 0.00413 e. The van der Waals surface area contributed by atoms with Gasteiger partial charge in [0.1, 0.15) is 0 Å². The van der Waals surface area contributed by atoms with Gasteiger partial charge in [0, 0.05) is 6.04 Å². The zero-order chi connectivity index (χ0) is 10.4. The van der Waals surface area contributed by atoms with Gasteiger partial charge in [-0.3, -0.25) is 0 Å². The van der Waals surface area contributed by atoms with E-state index < -0.39 is 0 Å². The summed E-state index contributed by atoms with van der Waals surface area (Å²) in [5.74, 6) is 0.728. The Hall–Kier alpha value is -0.340. The number of hydrogen-bond acceptors (Lipinski definition) is 2. The highest BCUT2D eigenvalue weighted by molar-refractivity contribution is 7.07. The highest BCUT2D eigenvalue weighted by Crippen LogP contribution is 2.12. The van der Waals surface area contributed by atoms with Crippen molar-refractivity contribution in [3.05, 3.63) is 22.4 Å². The molecule has 1 unspecified atom stereocenters. The summed E-state index contributed by atoms with van der Waals surface area (Å²) < 4.78 is 0. The van der Waals surface area contributed by atoms with Crippen LogP contribution in [-0.4, -0.2) is 6.04 Å². The fourth-order valence-corrected chi connectivity index (χ4v) is 2.43. The Morgan fingerprint density at radius 2 is 2.21 bits per heavy atom. The Balaban J connectivity index is 2.09. The van der Waals surface area contributed by atoms with E-state index in [0.717, 1.165) is 18.8 Å². The van der Waals surface area contributed by atoms with Crippen LogP contribution in [0, 0.1) is 5.92 Å². The standard InChI is InChI=1S/C12H21NS/c1-10(2)8-12(13)5-3-4-11-6-7-14-9-11/h6-7,9-10,12H,3-5,8,13H2,1-2H3. The first-order valence-corrected chi connectivity index (χ1v) is 6.39. The van der Waals surface area contributed by atoms with Gasteiger partial charge in [-0.15, -0.1) is 0 Å². The molecule has 0 aliphatic rings. The van der Waals surface area contributed by atoms with Crippen LogP contribution in [0.3, 0.4) is 0 Å². The number of rotatable bonds is 6. The van der Waals surface area contributed by atoms with Crippen LogP contribution >= 0.6 is 11.3 Å². The average molecular weight is 211 g/mol. The molecule has 80 valence electrons. The SMILES string of the molecule is CC(C)CC(N)CCCc1ccsc1. The van der Waals surface area contributed by atoms with Crippen molar-refractivity contribution in [2.45, 2.75) is 45.6 Å². The van der Waals surface area contributed by atoms with Crippen LogP contribution in [0.25, 0.3) is 0 Å². The molecule has 0 fully saturated rings. The number of thiophene rings is 1. The molecule has 0 spiro atoms. The van der Waals surface area contributed by atoms with Gasteiger partial charge < -0.3 is 5.73 Å². The summed E-state index contributed by atoms with van der Waals surface area (Å²) in [6.07, 6.45) is 4.73. The van der Waals surface area contributed by atoms with Gasteiger partial charge in [-0.05, 0) is 54.0 Å². The third-order valence-corrected chi connectivity index (χ3v) is 3.13. The first kappa shape index (κ1) is 11.7. The van der Waals surface area contributed by atoms with E-state index in [1.807, 2.05) is 0 Å². The first-order valence-electron chi connectivity index (χ1n) is 5.45. The summed E-state index contributed by atoms with van der Waals surface area (Å²) in [5, 5.41) is 4.37. The molecule has 0 bridgehead atoms. The largest absolute Gasteiger partial charge is 0.328 e. The highest BCUT2D eigenvalue weighted by atomic mass is 32.1. The summed E-state index contributed by atoms with van der Waals surface area (Å²) in [6, 6.07) is 2.60. The van der Waals surface area contributed by atoms with Crippen molar-refractivity contribution in [2.75, 3.05) is 0 Å². The molecular weight excluding hydrogens is 190 g/mol. The van der Waals surface area contributed by atoms with Gasteiger partial charge in [-0.2, -0.15) is 11.3 Å². The van der Waals surface area contributed by atoms with E-state index in [1.54, 1.807) is 11.3 Å². The number of aryl methyl sites for hydroxylation is 1. The van der Waals surface area contributed by atoms with Crippen molar-refractivity contribution in [3.8, 4) is 0 Å². The molecule has 2 heteroatoms. The van der Waals surface area contributed by atoms with Crippen LogP contribution in [0.1, 0.15) is 38.7 Å². The lowest BCUT2D eigenvalue weighted by atomic mass is 9.99. The van der Waals surface area contributed by atoms with Crippen molar-refractivity contribution in [3.63, 3.8) is 0 Å². The van der Waals surface area contributed by atoms with Gasteiger partial charge in [-0.25, -0.2) is 0 Å². The van der Waals surface area contributed by atoms with Gasteiger partial charge >= 0.3 is 0 Å². The summed E-state index contributed by atoms with van der Waals surface area (Å²) in [4.78, 5) is 0. The average Bonchev–Trinajstić information content (AvgIpc) is 2.55. The molecule has 1 aromatic heterocycles. The molecule has 0 radical (unpaired) electrons. The Kier molecular flexibility index (Phi) is 5.20. The molecule has 1 aromatic rings. The van der Waals surface area contributed by atoms with Gasteiger partial charge in [-0.1, -0.05) is 13.8 Å². The third kappa shape index (κ3) is 4.77. The molecule has 1 nitrogen and oxygen atoms in total. The quantitative estimate of drug-likeness (QED) is 0.766. The van der Waals surface area contributed by atoms with Crippen molar-refractivity contribution < 1.29 is 0 Å². The minimum absolute atomic E-state index is 0.397. The molecular formula is C12H21NS. The summed E-state index contributed by atoms with van der Waals surface area (Å²) in [7, 11) is 0. The maximum absolute atomic E-state index is 6.02. The molecule has 0 aromatic carbocycles. The molecule has 14 heavy (non-hydrogen) atoms. The van der Waals surface area contributed by atoms with E-state index in [-0.39, 0.29) is 0 Å². The van der Waals surface area contributed by atoms with Crippen molar-refractivity contribution >= 4 is 11.3 Å². The molecule has 1 heterocycles. The maximum atomic E-state index is 6.02. The zero-order valence-corrected chi connectivity index (χ0v) is 10.0. The lowest BCUT2D eigenvalue weighted by Gasteiger charge is -2.13. The molecule has 1 atom stereocenters. The Morgan fingerprint density at radius 3 is 2.79 bits per heavy atom. The second-order valence-corrected chi connectivity index (χ2v) is 5.19. The molecule has 0 aliphatic carbocycles. The van der Waals surface area contributed by atoms with Gasteiger partial charge in [0.25, 0.3) is 0 Å². The molecule has 1 rings (SSSR count). The fourth-order valence-electron chi connectivity index (χ4n) is 1.73. The topological polar surface area (TPSA) is 26.0 Å². The van der Waals surface area contributed by atoms with E-state index in [4.69, 9.17) is 5.73 Å². The van der Waals surface area contributed by atoms with E-state index in [2.05, 4.69) is 30.7 Å². The number of nitrogens with two attached hydrogens (primary N) is 1. The second-order valence-electron chi connectivity index (χ2n) is 4.41. The predicted molar refractivity (Wildman–Crippen MR) is 64.7 cm³/mol. The molecule has 0 saturated carbocycles. The van der Waals surface area contributed by atoms with Gasteiger partial charge in [0.05, 0.1) is 0 Å². The van der Waals surface area contributed by atoms with Crippen LogP contribution in [0.2, 0.25) is 0 Å². The van der Waals surface area contributed by atoms with Crippen LogP contribution in [-0.2, 0) is 6.42 Å². The van der Waals surface area contributed by atoms with Gasteiger partial charge in [0.2, 0.25) is 0 Å². The lowest BCUT2D eigenvalue weighted by molar-refractivity contribution is 0.463.